The van der Waals surface area contributed by atoms with Gasteiger partial charge >= 0.3 is 0 Å². The number of piperidine rings is 1. The highest BCUT2D eigenvalue weighted by molar-refractivity contribution is 14.0. The van der Waals surface area contributed by atoms with Crippen LogP contribution in [0.1, 0.15) is 37.8 Å². The number of halogens is 1. The Bertz CT molecular complexity index is 481. The summed E-state index contributed by atoms with van der Waals surface area (Å²) in [7, 11) is 1.87. The van der Waals surface area contributed by atoms with Gasteiger partial charge in [0.05, 0.1) is 5.69 Å². The predicted octanol–water partition coefficient (Wildman–Crippen LogP) is 2.38. The number of likely N-dealkylation sites (tertiary alicyclic amines) is 1. The van der Waals surface area contributed by atoms with Crippen LogP contribution in [0.5, 0.6) is 0 Å². The molecule has 5 nitrogen and oxygen atoms in total. The maximum atomic E-state index is 4.42. The third-order valence-electron chi connectivity index (χ3n) is 4.71. The SMILES string of the molecule is CN=C(NC1CCC1)NC1CCN(Cc2ccccn2)CC1.I. The summed E-state index contributed by atoms with van der Waals surface area (Å²) in [6, 6.07) is 7.31. The molecular weight excluding hydrogens is 401 g/mol. The summed E-state index contributed by atoms with van der Waals surface area (Å²) in [5, 5.41) is 7.10. The van der Waals surface area contributed by atoms with Crippen LogP contribution >= 0.6 is 24.0 Å². The minimum absolute atomic E-state index is 0. The molecule has 0 unspecified atom stereocenters. The molecule has 2 heterocycles. The van der Waals surface area contributed by atoms with Crippen LogP contribution in [0, 0.1) is 0 Å². The van der Waals surface area contributed by atoms with Crippen molar-refractivity contribution in [1.29, 1.82) is 0 Å². The van der Waals surface area contributed by atoms with E-state index in [4.69, 9.17) is 0 Å². The summed E-state index contributed by atoms with van der Waals surface area (Å²) in [6.07, 6.45) is 8.11. The zero-order valence-electron chi connectivity index (χ0n) is 13.9. The lowest BCUT2D eigenvalue weighted by molar-refractivity contribution is 0.196. The van der Waals surface area contributed by atoms with E-state index in [-0.39, 0.29) is 24.0 Å². The Kier molecular flexibility index (Phi) is 7.55. The van der Waals surface area contributed by atoms with E-state index in [1.54, 1.807) is 0 Å². The molecule has 1 aliphatic carbocycles. The predicted molar refractivity (Wildman–Crippen MR) is 105 cm³/mol. The van der Waals surface area contributed by atoms with Crippen LogP contribution in [0.15, 0.2) is 29.4 Å². The van der Waals surface area contributed by atoms with Crippen molar-refractivity contribution in [3.05, 3.63) is 30.1 Å². The first-order valence-corrected chi connectivity index (χ1v) is 8.45. The molecule has 128 valence electrons. The summed E-state index contributed by atoms with van der Waals surface area (Å²) in [4.78, 5) is 11.3. The van der Waals surface area contributed by atoms with Crippen molar-refractivity contribution in [1.82, 2.24) is 20.5 Å². The summed E-state index contributed by atoms with van der Waals surface area (Å²) in [5.41, 5.74) is 1.16. The monoisotopic (exact) mass is 429 g/mol. The molecule has 0 amide bonds. The fraction of sp³-hybridized carbons (Fsp3) is 0.647. The van der Waals surface area contributed by atoms with Crippen LogP contribution in [-0.4, -0.2) is 48.1 Å². The van der Waals surface area contributed by atoms with Gasteiger partial charge in [0.2, 0.25) is 0 Å². The Morgan fingerprint density at radius 2 is 1.87 bits per heavy atom. The van der Waals surface area contributed by atoms with E-state index < -0.39 is 0 Å². The molecule has 1 aliphatic heterocycles. The molecule has 1 saturated carbocycles. The number of guanidine groups is 1. The van der Waals surface area contributed by atoms with Gasteiger partial charge in [0, 0.05) is 45.0 Å². The van der Waals surface area contributed by atoms with Crippen molar-refractivity contribution < 1.29 is 0 Å². The third-order valence-corrected chi connectivity index (χ3v) is 4.71. The van der Waals surface area contributed by atoms with Crippen molar-refractivity contribution >= 4 is 29.9 Å². The lowest BCUT2D eigenvalue weighted by Crippen LogP contribution is -2.52. The van der Waals surface area contributed by atoms with Crippen molar-refractivity contribution in [3.63, 3.8) is 0 Å². The van der Waals surface area contributed by atoms with E-state index in [1.165, 1.54) is 19.3 Å². The Balaban J connectivity index is 0.00000192. The minimum atomic E-state index is 0. The van der Waals surface area contributed by atoms with Crippen LogP contribution in [-0.2, 0) is 6.54 Å². The Morgan fingerprint density at radius 1 is 1.17 bits per heavy atom. The van der Waals surface area contributed by atoms with Crippen LogP contribution in [0.4, 0.5) is 0 Å². The third kappa shape index (κ3) is 5.60. The van der Waals surface area contributed by atoms with Crippen LogP contribution < -0.4 is 10.6 Å². The van der Waals surface area contributed by atoms with Gasteiger partial charge in [0.25, 0.3) is 0 Å². The summed E-state index contributed by atoms with van der Waals surface area (Å²) in [5.74, 6) is 0.980. The van der Waals surface area contributed by atoms with E-state index in [0.29, 0.717) is 12.1 Å². The molecule has 2 fully saturated rings. The molecule has 3 rings (SSSR count). The molecule has 1 aromatic heterocycles. The summed E-state index contributed by atoms with van der Waals surface area (Å²) < 4.78 is 0. The largest absolute Gasteiger partial charge is 0.354 e. The standard InChI is InChI=1S/C17H27N5.HI/c1-18-17(20-14-6-4-7-14)21-15-8-11-22(12-9-15)13-16-5-2-3-10-19-16;/h2-3,5,10,14-15H,4,6-9,11-13H2,1H3,(H2,18,20,21);1H. The highest BCUT2D eigenvalue weighted by Crippen LogP contribution is 2.18. The van der Waals surface area contributed by atoms with Gasteiger partial charge in [-0.3, -0.25) is 14.9 Å². The maximum Gasteiger partial charge on any atom is 0.191 e. The van der Waals surface area contributed by atoms with E-state index in [1.807, 2.05) is 19.3 Å². The van der Waals surface area contributed by atoms with Gasteiger partial charge in [-0.25, -0.2) is 0 Å². The molecule has 0 aromatic carbocycles. The molecule has 1 aromatic rings. The van der Waals surface area contributed by atoms with Gasteiger partial charge in [-0.15, -0.1) is 24.0 Å². The number of aliphatic imine (C=N–C) groups is 1. The molecular formula is C17H28IN5. The smallest absolute Gasteiger partial charge is 0.191 e. The van der Waals surface area contributed by atoms with Gasteiger partial charge in [0.15, 0.2) is 5.96 Å². The van der Waals surface area contributed by atoms with Gasteiger partial charge in [-0.2, -0.15) is 0 Å². The first-order chi connectivity index (χ1) is 10.8. The lowest BCUT2D eigenvalue weighted by Gasteiger charge is -2.34. The molecule has 0 radical (unpaired) electrons. The van der Waals surface area contributed by atoms with Crippen molar-refractivity contribution in [2.24, 2.45) is 4.99 Å². The van der Waals surface area contributed by atoms with E-state index in [0.717, 1.165) is 44.1 Å². The number of aromatic nitrogens is 1. The van der Waals surface area contributed by atoms with E-state index in [9.17, 15) is 0 Å². The number of nitrogens with one attached hydrogen (secondary N) is 2. The molecule has 23 heavy (non-hydrogen) atoms. The summed E-state index contributed by atoms with van der Waals surface area (Å²) in [6.45, 7) is 3.20. The van der Waals surface area contributed by atoms with Crippen LogP contribution in [0.2, 0.25) is 0 Å². The Labute approximate surface area is 156 Å². The minimum Gasteiger partial charge on any atom is -0.354 e. The molecule has 0 atom stereocenters. The topological polar surface area (TPSA) is 52.6 Å². The molecule has 0 bridgehead atoms. The van der Waals surface area contributed by atoms with Gasteiger partial charge in [-0.05, 0) is 44.2 Å². The molecule has 0 spiro atoms. The zero-order chi connectivity index (χ0) is 15.2. The molecule has 2 N–H and O–H groups in total. The van der Waals surface area contributed by atoms with Crippen LogP contribution in [0.3, 0.4) is 0 Å². The molecule has 1 saturated heterocycles. The Hall–Kier alpha value is -0.890. The lowest BCUT2D eigenvalue weighted by atomic mass is 9.93. The average Bonchev–Trinajstić information content (AvgIpc) is 2.52. The summed E-state index contributed by atoms with van der Waals surface area (Å²) >= 11 is 0. The average molecular weight is 429 g/mol. The highest BCUT2D eigenvalue weighted by atomic mass is 127. The number of pyridine rings is 1. The highest BCUT2D eigenvalue weighted by Gasteiger charge is 2.22. The van der Waals surface area contributed by atoms with Crippen molar-refractivity contribution in [2.75, 3.05) is 20.1 Å². The maximum absolute atomic E-state index is 4.42. The fourth-order valence-electron chi connectivity index (χ4n) is 3.07. The van der Waals surface area contributed by atoms with Crippen molar-refractivity contribution in [2.45, 2.75) is 50.7 Å². The molecule has 6 heteroatoms. The van der Waals surface area contributed by atoms with Gasteiger partial charge in [-0.1, -0.05) is 6.07 Å². The Morgan fingerprint density at radius 3 is 2.39 bits per heavy atom. The normalized spacial score (nSPS) is 20.5. The molecule has 2 aliphatic rings. The van der Waals surface area contributed by atoms with E-state index in [2.05, 4.69) is 37.6 Å². The van der Waals surface area contributed by atoms with Crippen LogP contribution in [0.25, 0.3) is 0 Å². The second kappa shape index (κ2) is 9.42. The quantitative estimate of drug-likeness (QED) is 0.439. The van der Waals surface area contributed by atoms with Crippen molar-refractivity contribution in [3.8, 4) is 0 Å². The first-order valence-electron chi connectivity index (χ1n) is 8.45. The van der Waals surface area contributed by atoms with Gasteiger partial charge < -0.3 is 10.6 Å². The van der Waals surface area contributed by atoms with E-state index >= 15 is 0 Å². The second-order valence-electron chi connectivity index (χ2n) is 6.36. The van der Waals surface area contributed by atoms with Gasteiger partial charge in [0.1, 0.15) is 0 Å². The zero-order valence-corrected chi connectivity index (χ0v) is 16.2. The number of hydrogen-bond acceptors (Lipinski definition) is 3. The fourth-order valence-corrected chi connectivity index (χ4v) is 3.07. The first kappa shape index (κ1) is 18.4. The number of rotatable bonds is 4. The number of hydrogen-bond donors (Lipinski definition) is 2. The second-order valence-corrected chi connectivity index (χ2v) is 6.36. The number of nitrogens with zero attached hydrogens (tertiary/aromatic N) is 3.